The summed E-state index contributed by atoms with van der Waals surface area (Å²) in [7, 11) is 0. The van der Waals surface area contributed by atoms with Crippen LogP contribution < -0.4 is 5.32 Å². The van der Waals surface area contributed by atoms with Gasteiger partial charge in [0.2, 0.25) is 5.89 Å². The Morgan fingerprint density at radius 1 is 1.32 bits per heavy atom. The third kappa shape index (κ3) is 2.98. The minimum Gasteiger partial charge on any atom is -0.444 e. The quantitative estimate of drug-likeness (QED) is 0.921. The van der Waals surface area contributed by atoms with Crippen LogP contribution in [0.25, 0.3) is 11.5 Å². The number of aryl methyl sites for hydroxylation is 1. The number of hydrogen-bond donors (Lipinski definition) is 1. The molecule has 2 rings (SSSR count). The molecular formula is C14H16F2N2O. The van der Waals surface area contributed by atoms with Gasteiger partial charge in [-0.05, 0) is 18.6 Å². The first-order valence-corrected chi connectivity index (χ1v) is 6.11. The van der Waals surface area contributed by atoms with Gasteiger partial charge in [-0.3, -0.25) is 0 Å². The van der Waals surface area contributed by atoms with Crippen LogP contribution in [-0.2, 0) is 6.54 Å². The minimum absolute atomic E-state index is 0.0285. The van der Waals surface area contributed by atoms with Gasteiger partial charge >= 0.3 is 0 Å². The highest BCUT2D eigenvalue weighted by Gasteiger charge is 2.18. The summed E-state index contributed by atoms with van der Waals surface area (Å²) in [5.41, 5.74) is 0.760. The van der Waals surface area contributed by atoms with Crippen molar-refractivity contribution in [2.24, 2.45) is 0 Å². The molecular weight excluding hydrogens is 250 g/mol. The van der Waals surface area contributed by atoms with Crippen molar-refractivity contribution in [3.05, 3.63) is 41.3 Å². The zero-order valence-electron chi connectivity index (χ0n) is 11.1. The molecule has 19 heavy (non-hydrogen) atoms. The van der Waals surface area contributed by atoms with E-state index < -0.39 is 11.6 Å². The molecule has 0 atom stereocenters. The number of nitrogens with one attached hydrogen (secondary N) is 1. The fourth-order valence-electron chi connectivity index (χ4n) is 1.66. The highest BCUT2D eigenvalue weighted by Crippen LogP contribution is 2.27. The first-order chi connectivity index (χ1) is 8.99. The van der Waals surface area contributed by atoms with Crippen molar-refractivity contribution < 1.29 is 13.2 Å². The maximum absolute atomic E-state index is 13.9. The lowest BCUT2D eigenvalue weighted by atomic mass is 10.1. The Bertz CT molecular complexity index is 579. The van der Waals surface area contributed by atoms with Crippen LogP contribution in [0.4, 0.5) is 8.78 Å². The molecule has 0 unspecified atom stereocenters. The number of benzene rings is 1. The van der Waals surface area contributed by atoms with Crippen LogP contribution in [0.15, 0.2) is 22.8 Å². The van der Waals surface area contributed by atoms with Gasteiger partial charge in [0.15, 0.2) is 0 Å². The van der Waals surface area contributed by atoms with Crippen molar-refractivity contribution >= 4 is 0 Å². The second-order valence-electron chi connectivity index (χ2n) is 4.73. The van der Waals surface area contributed by atoms with Gasteiger partial charge in [0, 0.05) is 12.6 Å². The predicted octanol–water partition coefficient (Wildman–Crippen LogP) is 3.43. The van der Waals surface area contributed by atoms with E-state index in [0.29, 0.717) is 23.8 Å². The standard InChI is InChI=1S/C14H16F2N2O/c1-8(2)17-6-10-7-19-14(18-10)12-11(15)5-4-9(3)13(12)16/h4-5,7-8,17H,6H2,1-3H3. The molecule has 102 valence electrons. The molecule has 1 heterocycles. The molecule has 1 aromatic carbocycles. The topological polar surface area (TPSA) is 38.1 Å². The van der Waals surface area contributed by atoms with Crippen LogP contribution in [0.5, 0.6) is 0 Å². The van der Waals surface area contributed by atoms with Crippen LogP contribution in [0.2, 0.25) is 0 Å². The molecule has 0 aliphatic rings. The molecule has 0 saturated heterocycles. The Labute approximate surface area is 110 Å². The molecule has 0 aliphatic heterocycles. The highest BCUT2D eigenvalue weighted by molar-refractivity contribution is 5.56. The van der Waals surface area contributed by atoms with Gasteiger partial charge in [0.25, 0.3) is 0 Å². The zero-order valence-corrected chi connectivity index (χ0v) is 11.1. The normalized spacial score (nSPS) is 11.3. The van der Waals surface area contributed by atoms with Crippen LogP contribution in [-0.4, -0.2) is 11.0 Å². The summed E-state index contributed by atoms with van der Waals surface area (Å²) in [5.74, 6) is -1.34. The number of hydrogen-bond acceptors (Lipinski definition) is 3. The summed E-state index contributed by atoms with van der Waals surface area (Å²) in [5, 5.41) is 3.16. The minimum atomic E-state index is -0.673. The molecule has 1 N–H and O–H groups in total. The third-order valence-corrected chi connectivity index (χ3v) is 2.74. The Kier molecular flexibility index (Phi) is 3.95. The number of oxazole rings is 1. The smallest absolute Gasteiger partial charge is 0.232 e. The van der Waals surface area contributed by atoms with Gasteiger partial charge in [0.1, 0.15) is 23.5 Å². The van der Waals surface area contributed by atoms with E-state index >= 15 is 0 Å². The van der Waals surface area contributed by atoms with Gasteiger partial charge in [-0.25, -0.2) is 13.8 Å². The first kappa shape index (κ1) is 13.7. The van der Waals surface area contributed by atoms with E-state index in [-0.39, 0.29) is 11.5 Å². The summed E-state index contributed by atoms with van der Waals surface area (Å²) in [6, 6.07) is 2.90. The number of halogens is 2. The van der Waals surface area contributed by atoms with E-state index in [1.54, 1.807) is 6.92 Å². The molecule has 1 aromatic heterocycles. The maximum atomic E-state index is 13.9. The van der Waals surface area contributed by atoms with Crippen molar-refractivity contribution in [1.29, 1.82) is 0 Å². The molecule has 0 bridgehead atoms. The highest BCUT2D eigenvalue weighted by atomic mass is 19.1. The average molecular weight is 266 g/mol. The molecule has 0 fully saturated rings. The van der Waals surface area contributed by atoms with Gasteiger partial charge in [-0.15, -0.1) is 0 Å². The van der Waals surface area contributed by atoms with Crippen LogP contribution in [0.1, 0.15) is 25.1 Å². The van der Waals surface area contributed by atoms with E-state index in [2.05, 4.69) is 10.3 Å². The fraction of sp³-hybridized carbons (Fsp3) is 0.357. The van der Waals surface area contributed by atoms with E-state index in [1.807, 2.05) is 13.8 Å². The second kappa shape index (κ2) is 5.48. The van der Waals surface area contributed by atoms with E-state index in [1.165, 1.54) is 18.4 Å². The van der Waals surface area contributed by atoms with Crippen molar-refractivity contribution in [1.82, 2.24) is 10.3 Å². The molecule has 3 nitrogen and oxygen atoms in total. The lowest BCUT2D eigenvalue weighted by Gasteiger charge is -2.04. The monoisotopic (exact) mass is 266 g/mol. The lowest BCUT2D eigenvalue weighted by Crippen LogP contribution is -2.21. The van der Waals surface area contributed by atoms with Gasteiger partial charge < -0.3 is 9.73 Å². The Balaban J connectivity index is 2.30. The lowest BCUT2D eigenvalue weighted by molar-refractivity contribution is 0.536. The Morgan fingerprint density at radius 2 is 2.05 bits per heavy atom. The molecule has 0 aliphatic carbocycles. The van der Waals surface area contributed by atoms with Crippen LogP contribution >= 0.6 is 0 Å². The third-order valence-electron chi connectivity index (χ3n) is 2.74. The van der Waals surface area contributed by atoms with Crippen LogP contribution in [0, 0.1) is 18.6 Å². The largest absolute Gasteiger partial charge is 0.444 e. The summed E-state index contributed by atoms with van der Waals surface area (Å²) in [4.78, 5) is 4.11. The molecule has 0 spiro atoms. The van der Waals surface area contributed by atoms with Gasteiger partial charge in [-0.1, -0.05) is 19.9 Å². The molecule has 0 saturated carbocycles. The summed E-state index contributed by atoms with van der Waals surface area (Å²) < 4.78 is 32.8. The SMILES string of the molecule is Cc1ccc(F)c(-c2nc(CNC(C)C)co2)c1F. The Morgan fingerprint density at radius 3 is 2.74 bits per heavy atom. The predicted molar refractivity (Wildman–Crippen MR) is 68.6 cm³/mol. The number of rotatable bonds is 4. The fourth-order valence-corrected chi connectivity index (χ4v) is 1.66. The number of aromatic nitrogens is 1. The first-order valence-electron chi connectivity index (χ1n) is 6.11. The molecule has 2 aromatic rings. The van der Waals surface area contributed by atoms with E-state index in [4.69, 9.17) is 4.42 Å². The number of nitrogens with zero attached hydrogens (tertiary/aromatic N) is 1. The summed E-state index contributed by atoms with van der Waals surface area (Å²) in [6.45, 7) is 6.07. The summed E-state index contributed by atoms with van der Waals surface area (Å²) in [6.07, 6.45) is 1.41. The van der Waals surface area contributed by atoms with E-state index in [9.17, 15) is 8.78 Å². The summed E-state index contributed by atoms with van der Waals surface area (Å²) >= 11 is 0. The molecule has 5 heteroatoms. The maximum Gasteiger partial charge on any atom is 0.232 e. The Hall–Kier alpha value is -1.75. The van der Waals surface area contributed by atoms with Crippen molar-refractivity contribution in [2.75, 3.05) is 0 Å². The van der Waals surface area contributed by atoms with Crippen molar-refractivity contribution in [3.8, 4) is 11.5 Å². The molecule has 0 amide bonds. The zero-order chi connectivity index (χ0) is 14.0. The average Bonchev–Trinajstić information content (AvgIpc) is 2.80. The van der Waals surface area contributed by atoms with Crippen molar-refractivity contribution in [2.45, 2.75) is 33.4 Å². The second-order valence-corrected chi connectivity index (χ2v) is 4.73. The van der Waals surface area contributed by atoms with Crippen molar-refractivity contribution in [3.63, 3.8) is 0 Å². The van der Waals surface area contributed by atoms with Gasteiger partial charge in [-0.2, -0.15) is 0 Å². The van der Waals surface area contributed by atoms with Gasteiger partial charge in [0.05, 0.1) is 5.69 Å². The molecule has 0 radical (unpaired) electrons. The van der Waals surface area contributed by atoms with Crippen LogP contribution in [0.3, 0.4) is 0 Å². The van der Waals surface area contributed by atoms with E-state index in [0.717, 1.165) is 0 Å².